The topological polar surface area (TPSA) is 53.6 Å². The van der Waals surface area contributed by atoms with Gasteiger partial charge in [-0.15, -0.1) is 0 Å². The molecule has 0 radical (unpaired) electrons. The summed E-state index contributed by atoms with van der Waals surface area (Å²) in [6.45, 7) is 4.17. The fourth-order valence-corrected chi connectivity index (χ4v) is 2.82. The SMILES string of the molecule is C=C(NC1CCCCC1)c1[nH]ncc1-c1cccnc1. The van der Waals surface area contributed by atoms with Gasteiger partial charge >= 0.3 is 0 Å². The first-order valence-electron chi connectivity index (χ1n) is 7.24. The first kappa shape index (κ1) is 12.9. The third kappa shape index (κ3) is 2.74. The Bertz CT molecular complexity index is 567. The summed E-state index contributed by atoms with van der Waals surface area (Å²) < 4.78 is 0. The molecule has 1 saturated carbocycles. The molecule has 0 saturated heterocycles. The number of hydrogen-bond acceptors (Lipinski definition) is 3. The van der Waals surface area contributed by atoms with E-state index in [1.165, 1.54) is 32.1 Å². The second-order valence-electron chi connectivity index (χ2n) is 5.36. The van der Waals surface area contributed by atoms with Crippen molar-refractivity contribution in [3.05, 3.63) is 43.0 Å². The lowest BCUT2D eigenvalue weighted by atomic mass is 9.95. The first-order valence-corrected chi connectivity index (χ1v) is 7.24. The molecule has 0 atom stereocenters. The zero-order valence-electron chi connectivity index (χ0n) is 11.6. The maximum absolute atomic E-state index is 4.17. The van der Waals surface area contributed by atoms with Crippen LogP contribution < -0.4 is 5.32 Å². The third-order valence-corrected chi connectivity index (χ3v) is 3.90. The van der Waals surface area contributed by atoms with Crippen LogP contribution in [0.3, 0.4) is 0 Å². The number of nitrogens with one attached hydrogen (secondary N) is 2. The van der Waals surface area contributed by atoms with Gasteiger partial charge in [0.15, 0.2) is 0 Å². The van der Waals surface area contributed by atoms with Crippen LogP contribution in [0.15, 0.2) is 37.3 Å². The first-order chi connectivity index (χ1) is 9.84. The molecule has 0 spiro atoms. The van der Waals surface area contributed by atoms with Gasteiger partial charge in [-0.1, -0.05) is 31.9 Å². The number of H-pyrrole nitrogens is 1. The highest BCUT2D eigenvalue weighted by molar-refractivity contribution is 5.76. The standard InChI is InChI=1S/C16H20N4/c1-12(19-14-7-3-2-4-8-14)16-15(11-18-20-16)13-6-5-9-17-10-13/h5-6,9-11,14,19H,1-4,7-8H2,(H,18,20). The van der Waals surface area contributed by atoms with E-state index in [0.29, 0.717) is 6.04 Å². The molecule has 20 heavy (non-hydrogen) atoms. The van der Waals surface area contributed by atoms with Crippen LogP contribution >= 0.6 is 0 Å². The molecule has 2 heterocycles. The molecule has 104 valence electrons. The summed E-state index contributed by atoms with van der Waals surface area (Å²) in [6, 6.07) is 4.51. The van der Waals surface area contributed by atoms with Gasteiger partial charge in [0.2, 0.25) is 0 Å². The van der Waals surface area contributed by atoms with Crippen molar-refractivity contribution in [3.63, 3.8) is 0 Å². The van der Waals surface area contributed by atoms with Gasteiger partial charge in [-0.25, -0.2) is 0 Å². The lowest BCUT2D eigenvalue weighted by Gasteiger charge is -2.24. The van der Waals surface area contributed by atoms with Crippen molar-refractivity contribution in [1.29, 1.82) is 0 Å². The Morgan fingerprint density at radius 3 is 2.85 bits per heavy atom. The molecule has 0 aliphatic heterocycles. The molecule has 4 nitrogen and oxygen atoms in total. The van der Waals surface area contributed by atoms with Crippen molar-refractivity contribution in [2.75, 3.05) is 0 Å². The largest absolute Gasteiger partial charge is 0.381 e. The third-order valence-electron chi connectivity index (χ3n) is 3.90. The van der Waals surface area contributed by atoms with Crippen LogP contribution in [-0.4, -0.2) is 21.2 Å². The number of rotatable bonds is 4. The van der Waals surface area contributed by atoms with Crippen LogP contribution in [0.5, 0.6) is 0 Å². The van der Waals surface area contributed by atoms with Crippen molar-refractivity contribution in [2.45, 2.75) is 38.1 Å². The maximum atomic E-state index is 4.17. The number of pyridine rings is 1. The zero-order valence-corrected chi connectivity index (χ0v) is 11.6. The monoisotopic (exact) mass is 268 g/mol. The van der Waals surface area contributed by atoms with Crippen molar-refractivity contribution in [1.82, 2.24) is 20.5 Å². The average Bonchev–Trinajstić information content (AvgIpc) is 2.99. The number of aromatic nitrogens is 3. The Kier molecular flexibility index (Phi) is 3.81. The van der Waals surface area contributed by atoms with E-state index in [1.54, 1.807) is 6.20 Å². The van der Waals surface area contributed by atoms with Gasteiger partial charge in [-0.05, 0) is 18.9 Å². The summed E-state index contributed by atoms with van der Waals surface area (Å²) >= 11 is 0. The van der Waals surface area contributed by atoms with Gasteiger partial charge in [-0.2, -0.15) is 5.10 Å². The fraction of sp³-hybridized carbons (Fsp3) is 0.375. The van der Waals surface area contributed by atoms with E-state index in [4.69, 9.17) is 0 Å². The van der Waals surface area contributed by atoms with Crippen LogP contribution in [0.2, 0.25) is 0 Å². The molecule has 4 heteroatoms. The van der Waals surface area contributed by atoms with Gasteiger partial charge < -0.3 is 5.32 Å². The van der Waals surface area contributed by atoms with Gasteiger partial charge in [0.05, 0.1) is 17.6 Å². The van der Waals surface area contributed by atoms with Crippen molar-refractivity contribution >= 4 is 5.70 Å². The molecule has 0 bridgehead atoms. The van der Waals surface area contributed by atoms with Crippen LogP contribution in [0.25, 0.3) is 16.8 Å². The zero-order chi connectivity index (χ0) is 13.8. The molecule has 0 amide bonds. The predicted molar refractivity (Wildman–Crippen MR) is 80.9 cm³/mol. The van der Waals surface area contributed by atoms with E-state index in [-0.39, 0.29) is 0 Å². The highest BCUT2D eigenvalue weighted by atomic mass is 15.1. The Hall–Kier alpha value is -2.10. The van der Waals surface area contributed by atoms with Crippen LogP contribution in [0.1, 0.15) is 37.8 Å². The number of aromatic amines is 1. The molecule has 2 aromatic rings. The minimum Gasteiger partial charge on any atom is -0.381 e. The molecular formula is C16H20N4. The van der Waals surface area contributed by atoms with E-state index < -0.39 is 0 Å². The number of hydrogen-bond donors (Lipinski definition) is 2. The highest BCUT2D eigenvalue weighted by Gasteiger charge is 2.16. The van der Waals surface area contributed by atoms with Crippen LogP contribution in [0.4, 0.5) is 0 Å². The molecule has 3 rings (SSSR count). The molecule has 1 aliphatic carbocycles. The molecule has 2 aromatic heterocycles. The van der Waals surface area contributed by atoms with E-state index in [2.05, 4.69) is 27.1 Å². The molecule has 1 aliphatic rings. The molecule has 2 N–H and O–H groups in total. The fourth-order valence-electron chi connectivity index (χ4n) is 2.82. The Morgan fingerprint density at radius 2 is 2.10 bits per heavy atom. The quantitative estimate of drug-likeness (QED) is 0.894. The van der Waals surface area contributed by atoms with E-state index in [0.717, 1.165) is 22.5 Å². The molecule has 1 fully saturated rings. The van der Waals surface area contributed by atoms with Crippen molar-refractivity contribution < 1.29 is 0 Å². The lowest BCUT2D eigenvalue weighted by molar-refractivity contribution is 0.409. The van der Waals surface area contributed by atoms with Gasteiger partial charge in [0, 0.05) is 29.6 Å². The summed E-state index contributed by atoms with van der Waals surface area (Å²) in [5, 5.41) is 10.8. The predicted octanol–water partition coefficient (Wildman–Crippen LogP) is 3.36. The highest BCUT2D eigenvalue weighted by Crippen LogP contribution is 2.26. The number of nitrogens with zero attached hydrogens (tertiary/aromatic N) is 2. The van der Waals surface area contributed by atoms with E-state index in [9.17, 15) is 0 Å². The summed E-state index contributed by atoms with van der Waals surface area (Å²) in [5.74, 6) is 0. The molecule has 0 aromatic carbocycles. The van der Waals surface area contributed by atoms with Gasteiger partial charge in [0.1, 0.15) is 0 Å². The summed E-state index contributed by atoms with van der Waals surface area (Å²) in [4.78, 5) is 4.17. The lowest BCUT2D eigenvalue weighted by Crippen LogP contribution is -2.29. The summed E-state index contributed by atoms with van der Waals surface area (Å²) in [5.41, 5.74) is 3.99. The minimum atomic E-state index is 0.543. The Balaban J connectivity index is 1.77. The average molecular weight is 268 g/mol. The second kappa shape index (κ2) is 5.90. The van der Waals surface area contributed by atoms with Crippen LogP contribution in [-0.2, 0) is 0 Å². The normalized spacial score (nSPS) is 16.0. The van der Waals surface area contributed by atoms with E-state index in [1.807, 2.05) is 24.5 Å². The minimum absolute atomic E-state index is 0.543. The maximum Gasteiger partial charge on any atom is 0.0882 e. The van der Waals surface area contributed by atoms with Gasteiger partial charge in [0.25, 0.3) is 0 Å². The summed E-state index contributed by atoms with van der Waals surface area (Å²) in [6.07, 6.45) is 11.9. The van der Waals surface area contributed by atoms with Crippen molar-refractivity contribution in [2.24, 2.45) is 0 Å². The summed E-state index contributed by atoms with van der Waals surface area (Å²) in [7, 11) is 0. The van der Waals surface area contributed by atoms with Gasteiger partial charge in [-0.3, -0.25) is 10.1 Å². The molecular weight excluding hydrogens is 248 g/mol. The Morgan fingerprint density at radius 1 is 1.25 bits per heavy atom. The van der Waals surface area contributed by atoms with Crippen LogP contribution in [0, 0.1) is 0 Å². The van der Waals surface area contributed by atoms with E-state index >= 15 is 0 Å². The molecule has 0 unspecified atom stereocenters. The second-order valence-corrected chi connectivity index (χ2v) is 5.36. The Labute approximate surface area is 119 Å². The van der Waals surface area contributed by atoms with Crippen molar-refractivity contribution in [3.8, 4) is 11.1 Å². The smallest absolute Gasteiger partial charge is 0.0882 e.